The van der Waals surface area contributed by atoms with Crippen LogP contribution in [0.1, 0.15) is 18.4 Å². The minimum absolute atomic E-state index is 0.808. The van der Waals surface area contributed by atoms with Crippen molar-refractivity contribution in [2.24, 2.45) is 5.92 Å². The second-order valence-electron chi connectivity index (χ2n) is 4.58. The number of benzene rings is 1. The lowest BCUT2D eigenvalue weighted by Crippen LogP contribution is -2.28. The van der Waals surface area contributed by atoms with Crippen molar-refractivity contribution in [3.8, 4) is 5.75 Å². The molecule has 1 aliphatic rings. The summed E-state index contributed by atoms with van der Waals surface area (Å²) in [6.45, 7) is 2.32. The van der Waals surface area contributed by atoms with E-state index in [4.69, 9.17) is 4.74 Å². The summed E-state index contributed by atoms with van der Waals surface area (Å²) in [4.78, 5) is 1.33. The quantitative estimate of drug-likeness (QED) is 0.831. The Kier molecular flexibility index (Phi) is 4.75. The van der Waals surface area contributed by atoms with Crippen LogP contribution in [0.25, 0.3) is 0 Å². The van der Waals surface area contributed by atoms with Crippen molar-refractivity contribution in [3.05, 3.63) is 23.8 Å². The van der Waals surface area contributed by atoms with Crippen LogP contribution in [0.5, 0.6) is 5.75 Å². The van der Waals surface area contributed by atoms with Crippen molar-refractivity contribution in [2.45, 2.75) is 24.2 Å². The molecular formula is C14H21NOS. The van der Waals surface area contributed by atoms with Crippen molar-refractivity contribution < 1.29 is 4.74 Å². The number of ether oxygens (including phenoxy) is 1. The van der Waals surface area contributed by atoms with Gasteiger partial charge < -0.3 is 10.1 Å². The van der Waals surface area contributed by atoms with Crippen LogP contribution in [0.2, 0.25) is 0 Å². The zero-order valence-corrected chi connectivity index (χ0v) is 11.5. The molecule has 0 amide bonds. The van der Waals surface area contributed by atoms with Gasteiger partial charge in [-0.3, -0.25) is 0 Å². The van der Waals surface area contributed by atoms with Crippen molar-refractivity contribution in [1.29, 1.82) is 0 Å². The number of rotatable bonds is 4. The van der Waals surface area contributed by atoms with Gasteiger partial charge in [-0.15, -0.1) is 11.8 Å². The van der Waals surface area contributed by atoms with E-state index < -0.39 is 0 Å². The number of hydrogen-bond donors (Lipinski definition) is 1. The first-order chi connectivity index (χ1) is 8.33. The van der Waals surface area contributed by atoms with E-state index in [0.717, 1.165) is 31.2 Å². The molecule has 0 aliphatic carbocycles. The van der Waals surface area contributed by atoms with Crippen LogP contribution in [-0.4, -0.2) is 26.5 Å². The summed E-state index contributed by atoms with van der Waals surface area (Å²) in [6, 6.07) is 6.52. The highest BCUT2D eigenvalue weighted by Gasteiger charge is 2.15. The van der Waals surface area contributed by atoms with E-state index in [9.17, 15) is 0 Å². The summed E-state index contributed by atoms with van der Waals surface area (Å²) in [6.07, 6.45) is 5.84. The molecule has 2 rings (SSSR count). The Morgan fingerprint density at radius 2 is 2.12 bits per heavy atom. The average molecular weight is 251 g/mol. The molecule has 1 aromatic rings. The molecule has 1 aliphatic heterocycles. The molecule has 0 radical (unpaired) electrons. The topological polar surface area (TPSA) is 21.3 Å². The Balaban J connectivity index is 2.11. The zero-order chi connectivity index (χ0) is 12.1. The first-order valence-electron chi connectivity index (χ1n) is 6.25. The Bertz CT molecular complexity index is 361. The van der Waals surface area contributed by atoms with Gasteiger partial charge in [0.25, 0.3) is 0 Å². The highest BCUT2D eigenvalue weighted by atomic mass is 32.2. The largest absolute Gasteiger partial charge is 0.496 e. The molecule has 0 bridgehead atoms. The van der Waals surface area contributed by atoms with Crippen LogP contribution in [0.4, 0.5) is 0 Å². The number of nitrogens with one attached hydrogen (secondary N) is 1. The molecule has 94 valence electrons. The number of methoxy groups -OCH3 is 1. The van der Waals surface area contributed by atoms with Crippen molar-refractivity contribution in [3.63, 3.8) is 0 Å². The Labute approximate surface area is 108 Å². The van der Waals surface area contributed by atoms with Gasteiger partial charge in [-0.1, -0.05) is 0 Å². The molecule has 0 saturated carbocycles. The number of hydrogen-bond acceptors (Lipinski definition) is 3. The summed E-state index contributed by atoms with van der Waals surface area (Å²) < 4.78 is 5.46. The molecule has 1 heterocycles. The summed E-state index contributed by atoms with van der Waals surface area (Å²) in [5.41, 5.74) is 1.37. The van der Waals surface area contributed by atoms with Crippen LogP contribution in [0, 0.1) is 5.92 Å². The minimum atomic E-state index is 0.808. The van der Waals surface area contributed by atoms with E-state index in [0.29, 0.717) is 0 Å². The molecule has 17 heavy (non-hydrogen) atoms. The Hall–Kier alpha value is -0.670. The van der Waals surface area contributed by atoms with Crippen LogP contribution in [0.15, 0.2) is 23.1 Å². The second kappa shape index (κ2) is 6.31. The van der Waals surface area contributed by atoms with Crippen molar-refractivity contribution in [2.75, 3.05) is 26.5 Å². The van der Waals surface area contributed by atoms with Gasteiger partial charge in [-0.2, -0.15) is 0 Å². The standard InChI is InChI=1S/C14H21NOS/c1-16-14-4-3-13(17-2)10-12(14)9-11-5-7-15-8-6-11/h3-4,10-11,15H,5-9H2,1-2H3. The summed E-state index contributed by atoms with van der Waals surface area (Å²) in [5, 5.41) is 3.42. The Morgan fingerprint density at radius 3 is 2.76 bits per heavy atom. The van der Waals surface area contributed by atoms with Gasteiger partial charge >= 0.3 is 0 Å². The molecule has 0 aromatic heterocycles. The van der Waals surface area contributed by atoms with E-state index in [2.05, 4.69) is 29.8 Å². The van der Waals surface area contributed by atoms with Crippen molar-refractivity contribution >= 4 is 11.8 Å². The van der Waals surface area contributed by atoms with Gasteiger partial charge in [-0.05, 0) is 68.3 Å². The lowest BCUT2D eigenvalue weighted by Gasteiger charge is -2.23. The highest BCUT2D eigenvalue weighted by molar-refractivity contribution is 7.98. The molecule has 2 nitrogen and oxygen atoms in total. The van der Waals surface area contributed by atoms with E-state index in [-0.39, 0.29) is 0 Å². The third-order valence-corrected chi connectivity index (χ3v) is 4.18. The lowest BCUT2D eigenvalue weighted by atomic mass is 9.90. The molecule has 1 saturated heterocycles. The zero-order valence-electron chi connectivity index (χ0n) is 10.7. The van der Waals surface area contributed by atoms with Crippen LogP contribution in [-0.2, 0) is 6.42 Å². The van der Waals surface area contributed by atoms with Gasteiger partial charge in [0.05, 0.1) is 7.11 Å². The first-order valence-corrected chi connectivity index (χ1v) is 7.47. The number of piperidine rings is 1. The summed E-state index contributed by atoms with van der Waals surface area (Å²) in [7, 11) is 1.76. The first kappa shape index (κ1) is 12.8. The van der Waals surface area contributed by atoms with Crippen LogP contribution < -0.4 is 10.1 Å². The minimum Gasteiger partial charge on any atom is -0.496 e. The van der Waals surface area contributed by atoms with Crippen molar-refractivity contribution in [1.82, 2.24) is 5.32 Å². The van der Waals surface area contributed by atoms with Crippen LogP contribution in [0.3, 0.4) is 0 Å². The predicted octanol–water partition coefficient (Wildman–Crippen LogP) is 2.96. The SMILES string of the molecule is COc1ccc(SC)cc1CC1CCNCC1. The smallest absolute Gasteiger partial charge is 0.122 e. The average Bonchev–Trinajstić information content (AvgIpc) is 2.40. The lowest BCUT2D eigenvalue weighted by molar-refractivity contribution is 0.361. The number of thioether (sulfide) groups is 1. The molecule has 0 atom stereocenters. The normalized spacial score (nSPS) is 17.1. The summed E-state index contributed by atoms with van der Waals surface area (Å²) >= 11 is 1.80. The molecule has 1 N–H and O–H groups in total. The fourth-order valence-electron chi connectivity index (χ4n) is 2.44. The van der Waals surface area contributed by atoms with Gasteiger partial charge in [0.2, 0.25) is 0 Å². The maximum absolute atomic E-state index is 5.46. The van der Waals surface area contributed by atoms with E-state index in [1.165, 1.54) is 23.3 Å². The highest BCUT2D eigenvalue weighted by Crippen LogP contribution is 2.28. The van der Waals surface area contributed by atoms with E-state index in [1.807, 2.05) is 0 Å². The summed E-state index contributed by atoms with van der Waals surface area (Å²) in [5.74, 6) is 1.85. The fourth-order valence-corrected chi connectivity index (χ4v) is 2.90. The molecule has 0 unspecified atom stereocenters. The van der Waals surface area contributed by atoms with Gasteiger partial charge in [0, 0.05) is 4.90 Å². The third-order valence-electron chi connectivity index (χ3n) is 3.45. The monoisotopic (exact) mass is 251 g/mol. The third kappa shape index (κ3) is 3.39. The molecule has 1 aromatic carbocycles. The molecule has 3 heteroatoms. The van der Waals surface area contributed by atoms with Gasteiger partial charge in [-0.25, -0.2) is 0 Å². The van der Waals surface area contributed by atoms with E-state index >= 15 is 0 Å². The maximum atomic E-state index is 5.46. The predicted molar refractivity (Wildman–Crippen MR) is 74.1 cm³/mol. The van der Waals surface area contributed by atoms with Crippen LogP contribution >= 0.6 is 11.8 Å². The fraction of sp³-hybridized carbons (Fsp3) is 0.571. The van der Waals surface area contributed by atoms with E-state index in [1.54, 1.807) is 18.9 Å². The van der Waals surface area contributed by atoms with Gasteiger partial charge in [0.1, 0.15) is 5.75 Å². The molecular weight excluding hydrogens is 230 g/mol. The molecule has 1 fully saturated rings. The molecule has 0 spiro atoms. The second-order valence-corrected chi connectivity index (χ2v) is 5.45. The Morgan fingerprint density at radius 1 is 1.35 bits per heavy atom. The van der Waals surface area contributed by atoms with Gasteiger partial charge in [0.15, 0.2) is 0 Å². The maximum Gasteiger partial charge on any atom is 0.122 e.